The molecule has 3 rings (SSSR count). The fraction of sp³-hybridized carbons (Fsp3) is 0.350. The quantitative estimate of drug-likeness (QED) is 0.879. The van der Waals surface area contributed by atoms with E-state index in [9.17, 15) is 9.90 Å². The molecule has 0 spiro atoms. The van der Waals surface area contributed by atoms with E-state index in [1.165, 1.54) is 0 Å². The van der Waals surface area contributed by atoms with E-state index in [0.717, 1.165) is 29.8 Å². The van der Waals surface area contributed by atoms with Crippen molar-refractivity contribution in [2.24, 2.45) is 0 Å². The van der Waals surface area contributed by atoms with Crippen molar-refractivity contribution in [2.75, 3.05) is 13.2 Å². The SMILES string of the molecule is CCOc1ccc(C(c2ccccc2)N2CCCC2C(=O)O)cc1. The Bertz CT molecular complexity index is 669. The lowest BCUT2D eigenvalue weighted by molar-refractivity contribution is -0.142. The van der Waals surface area contributed by atoms with Crippen LogP contribution in [0.3, 0.4) is 0 Å². The molecular formula is C20H23NO3. The average Bonchev–Trinajstić information content (AvgIpc) is 3.07. The zero-order chi connectivity index (χ0) is 16.9. The lowest BCUT2D eigenvalue weighted by Crippen LogP contribution is -2.39. The number of carboxylic acids is 1. The van der Waals surface area contributed by atoms with Gasteiger partial charge in [-0.3, -0.25) is 9.69 Å². The summed E-state index contributed by atoms with van der Waals surface area (Å²) in [6, 6.07) is 17.6. The number of ether oxygens (including phenoxy) is 1. The Labute approximate surface area is 142 Å². The molecule has 0 aromatic heterocycles. The van der Waals surface area contributed by atoms with Gasteiger partial charge in [-0.25, -0.2) is 0 Å². The van der Waals surface area contributed by atoms with Gasteiger partial charge in [0.25, 0.3) is 0 Å². The van der Waals surface area contributed by atoms with E-state index < -0.39 is 12.0 Å². The van der Waals surface area contributed by atoms with Gasteiger partial charge in [0, 0.05) is 6.54 Å². The van der Waals surface area contributed by atoms with Crippen LogP contribution in [0, 0.1) is 0 Å². The monoisotopic (exact) mass is 325 g/mol. The number of hydrogen-bond donors (Lipinski definition) is 1. The topological polar surface area (TPSA) is 49.8 Å². The normalized spacial score (nSPS) is 19.1. The van der Waals surface area contributed by atoms with Crippen molar-refractivity contribution in [1.82, 2.24) is 4.90 Å². The Kier molecular flexibility index (Phi) is 5.16. The summed E-state index contributed by atoms with van der Waals surface area (Å²) in [7, 11) is 0. The molecule has 1 fully saturated rings. The van der Waals surface area contributed by atoms with E-state index in [1.807, 2.05) is 49.4 Å². The number of likely N-dealkylation sites (tertiary alicyclic amines) is 1. The largest absolute Gasteiger partial charge is 0.494 e. The number of hydrogen-bond acceptors (Lipinski definition) is 3. The second kappa shape index (κ2) is 7.49. The van der Waals surface area contributed by atoms with E-state index in [1.54, 1.807) is 0 Å². The summed E-state index contributed by atoms with van der Waals surface area (Å²) in [4.78, 5) is 13.8. The first-order valence-corrected chi connectivity index (χ1v) is 8.47. The van der Waals surface area contributed by atoms with Gasteiger partial charge in [-0.15, -0.1) is 0 Å². The van der Waals surface area contributed by atoms with Crippen LogP contribution in [0.25, 0.3) is 0 Å². The summed E-state index contributed by atoms with van der Waals surface area (Å²) >= 11 is 0. The highest BCUT2D eigenvalue weighted by molar-refractivity contribution is 5.74. The fourth-order valence-electron chi connectivity index (χ4n) is 3.49. The van der Waals surface area contributed by atoms with Gasteiger partial charge in [-0.2, -0.15) is 0 Å². The summed E-state index contributed by atoms with van der Waals surface area (Å²) in [6.45, 7) is 3.39. The van der Waals surface area contributed by atoms with Gasteiger partial charge in [0.05, 0.1) is 12.6 Å². The molecule has 1 N–H and O–H groups in total. The molecule has 2 atom stereocenters. The zero-order valence-corrected chi connectivity index (χ0v) is 13.9. The number of nitrogens with zero attached hydrogens (tertiary/aromatic N) is 1. The van der Waals surface area contributed by atoms with Gasteiger partial charge < -0.3 is 9.84 Å². The van der Waals surface area contributed by atoms with E-state index in [-0.39, 0.29) is 6.04 Å². The van der Waals surface area contributed by atoms with E-state index in [2.05, 4.69) is 17.0 Å². The van der Waals surface area contributed by atoms with Gasteiger partial charge in [0.15, 0.2) is 0 Å². The molecule has 0 aliphatic carbocycles. The highest BCUT2D eigenvalue weighted by atomic mass is 16.5. The highest BCUT2D eigenvalue weighted by Gasteiger charge is 2.36. The average molecular weight is 325 g/mol. The Morgan fingerprint density at radius 1 is 1.17 bits per heavy atom. The molecule has 1 aliphatic rings. The minimum atomic E-state index is -0.737. The van der Waals surface area contributed by atoms with Crippen molar-refractivity contribution in [3.63, 3.8) is 0 Å². The molecule has 0 radical (unpaired) electrons. The predicted octanol–water partition coefficient (Wildman–Crippen LogP) is 3.72. The molecule has 1 aliphatic heterocycles. The van der Waals surface area contributed by atoms with Crippen LogP contribution in [-0.2, 0) is 4.79 Å². The summed E-state index contributed by atoms with van der Waals surface area (Å²) in [6.07, 6.45) is 1.62. The van der Waals surface area contributed by atoms with Gasteiger partial charge in [0.2, 0.25) is 0 Å². The minimum Gasteiger partial charge on any atom is -0.494 e. The third-order valence-corrected chi connectivity index (χ3v) is 4.53. The van der Waals surface area contributed by atoms with E-state index >= 15 is 0 Å². The molecule has 24 heavy (non-hydrogen) atoms. The second-order valence-corrected chi connectivity index (χ2v) is 6.05. The fourth-order valence-corrected chi connectivity index (χ4v) is 3.49. The summed E-state index contributed by atoms with van der Waals surface area (Å²) in [5.74, 6) is 0.101. The van der Waals surface area contributed by atoms with Crippen molar-refractivity contribution in [3.05, 3.63) is 65.7 Å². The second-order valence-electron chi connectivity index (χ2n) is 6.05. The maximum absolute atomic E-state index is 11.7. The Hall–Kier alpha value is -2.33. The third-order valence-electron chi connectivity index (χ3n) is 4.53. The lowest BCUT2D eigenvalue weighted by Gasteiger charge is -2.32. The Balaban J connectivity index is 1.98. The molecule has 1 heterocycles. The maximum atomic E-state index is 11.7. The molecule has 2 unspecified atom stereocenters. The number of benzene rings is 2. The van der Waals surface area contributed by atoms with Crippen LogP contribution in [0.15, 0.2) is 54.6 Å². The number of carboxylic acid groups (broad SMARTS) is 1. The van der Waals surface area contributed by atoms with Crippen LogP contribution < -0.4 is 4.74 Å². The van der Waals surface area contributed by atoms with Gasteiger partial charge in [0.1, 0.15) is 11.8 Å². The highest BCUT2D eigenvalue weighted by Crippen LogP contribution is 2.35. The van der Waals surface area contributed by atoms with Crippen LogP contribution >= 0.6 is 0 Å². The van der Waals surface area contributed by atoms with Crippen LogP contribution in [0.1, 0.15) is 36.9 Å². The first-order chi connectivity index (χ1) is 11.7. The molecule has 126 valence electrons. The van der Waals surface area contributed by atoms with Crippen molar-refractivity contribution in [1.29, 1.82) is 0 Å². The number of rotatable bonds is 6. The van der Waals surface area contributed by atoms with Gasteiger partial charge >= 0.3 is 5.97 Å². The molecule has 0 bridgehead atoms. The zero-order valence-electron chi connectivity index (χ0n) is 13.9. The Morgan fingerprint density at radius 3 is 2.46 bits per heavy atom. The minimum absolute atomic E-state index is 0.0505. The molecule has 1 saturated heterocycles. The Morgan fingerprint density at radius 2 is 1.83 bits per heavy atom. The van der Waals surface area contributed by atoms with Crippen molar-refractivity contribution in [3.8, 4) is 5.75 Å². The first kappa shape index (κ1) is 16.5. The van der Waals surface area contributed by atoms with Crippen LogP contribution in [0.4, 0.5) is 0 Å². The van der Waals surface area contributed by atoms with Crippen molar-refractivity contribution >= 4 is 5.97 Å². The number of aliphatic carboxylic acids is 1. The molecule has 2 aromatic rings. The van der Waals surface area contributed by atoms with Crippen LogP contribution in [-0.4, -0.2) is 35.2 Å². The molecular weight excluding hydrogens is 302 g/mol. The number of carbonyl (C=O) groups is 1. The molecule has 4 nitrogen and oxygen atoms in total. The summed E-state index contributed by atoms with van der Waals surface area (Å²) < 4.78 is 5.52. The van der Waals surface area contributed by atoms with E-state index in [4.69, 9.17) is 4.74 Å². The van der Waals surface area contributed by atoms with Gasteiger partial charge in [-0.05, 0) is 43.0 Å². The summed E-state index contributed by atoms with van der Waals surface area (Å²) in [5, 5.41) is 9.58. The van der Waals surface area contributed by atoms with Crippen LogP contribution in [0.2, 0.25) is 0 Å². The van der Waals surface area contributed by atoms with Gasteiger partial charge in [-0.1, -0.05) is 42.5 Å². The van der Waals surface area contributed by atoms with Crippen molar-refractivity contribution in [2.45, 2.75) is 31.8 Å². The van der Waals surface area contributed by atoms with Crippen LogP contribution in [0.5, 0.6) is 5.75 Å². The standard InChI is InChI=1S/C20H23NO3/c1-2-24-17-12-10-16(11-13-17)19(15-7-4-3-5-8-15)21-14-6-9-18(21)20(22)23/h3-5,7-8,10-13,18-19H,2,6,9,14H2,1H3,(H,22,23). The van der Waals surface area contributed by atoms with E-state index in [0.29, 0.717) is 13.0 Å². The first-order valence-electron chi connectivity index (χ1n) is 8.47. The molecule has 0 saturated carbocycles. The summed E-state index contributed by atoms with van der Waals surface area (Å²) in [5.41, 5.74) is 2.22. The smallest absolute Gasteiger partial charge is 0.320 e. The lowest BCUT2D eigenvalue weighted by atomic mass is 9.96. The molecule has 4 heteroatoms. The van der Waals surface area contributed by atoms with Crippen molar-refractivity contribution < 1.29 is 14.6 Å². The predicted molar refractivity (Wildman–Crippen MR) is 93.3 cm³/mol. The molecule has 2 aromatic carbocycles. The third kappa shape index (κ3) is 3.44. The maximum Gasteiger partial charge on any atom is 0.320 e. The molecule has 0 amide bonds.